The van der Waals surface area contributed by atoms with Crippen LogP contribution in [0, 0.1) is 6.92 Å². The highest BCUT2D eigenvalue weighted by Crippen LogP contribution is 2.46. The lowest BCUT2D eigenvalue weighted by molar-refractivity contribution is -0.115. The van der Waals surface area contributed by atoms with Crippen molar-refractivity contribution in [3.63, 3.8) is 0 Å². The number of phenols is 1. The van der Waals surface area contributed by atoms with Gasteiger partial charge in [-0.05, 0) is 55.8 Å². The Morgan fingerprint density at radius 1 is 1.14 bits per heavy atom. The van der Waals surface area contributed by atoms with Gasteiger partial charge in [0.15, 0.2) is 0 Å². The maximum atomic E-state index is 12.7. The Morgan fingerprint density at radius 2 is 1.82 bits per heavy atom. The van der Waals surface area contributed by atoms with Crippen LogP contribution in [-0.4, -0.2) is 33.2 Å². The van der Waals surface area contributed by atoms with Crippen LogP contribution < -0.4 is 10.1 Å². The maximum absolute atomic E-state index is 12.7. The number of amides is 1. The van der Waals surface area contributed by atoms with E-state index in [-0.39, 0.29) is 22.2 Å². The number of benzene rings is 2. The van der Waals surface area contributed by atoms with Crippen molar-refractivity contribution < 1.29 is 14.6 Å². The van der Waals surface area contributed by atoms with E-state index in [1.807, 2.05) is 50.2 Å². The molecule has 4 rings (SSSR count). The summed E-state index contributed by atoms with van der Waals surface area (Å²) >= 11 is 1.58. The molecule has 0 spiro atoms. The molecule has 144 valence electrons. The molecule has 2 aromatic carbocycles. The Hall–Kier alpha value is -2.93. The highest BCUT2D eigenvalue weighted by Gasteiger charge is 2.34. The number of carbonyl (C=O) groups excluding carboxylic acids is 1. The Bertz CT molecular complexity index is 1010. The van der Waals surface area contributed by atoms with E-state index in [2.05, 4.69) is 5.32 Å². The van der Waals surface area contributed by atoms with Crippen LogP contribution in [-0.2, 0) is 4.79 Å². The van der Waals surface area contributed by atoms with Crippen molar-refractivity contribution in [2.45, 2.75) is 24.3 Å². The van der Waals surface area contributed by atoms with Crippen LogP contribution >= 0.6 is 11.8 Å². The number of aromatic nitrogens is 2. The molecule has 0 aliphatic carbocycles. The molecule has 0 bridgehead atoms. The monoisotopic (exact) mass is 395 g/mol. The van der Waals surface area contributed by atoms with Crippen LogP contribution in [0.4, 0.5) is 5.82 Å². The molecule has 28 heavy (non-hydrogen) atoms. The van der Waals surface area contributed by atoms with Crippen LogP contribution in [0.1, 0.15) is 29.0 Å². The van der Waals surface area contributed by atoms with E-state index in [4.69, 9.17) is 9.84 Å². The predicted octanol–water partition coefficient (Wildman–Crippen LogP) is 4.06. The second-order valence-electron chi connectivity index (χ2n) is 6.70. The first-order valence-corrected chi connectivity index (χ1v) is 9.91. The third-order valence-electron chi connectivity index (χ3n) is 4.83. The average Bonchev–Trinajstić information content (AvgIpc) is 2.95. The van der Waals surface area contributed by atoms with Gasteiger partial charge in [-0.25, -0.2) is 4.68 Å². The Morgan fingerprint density at radius 3 is 2.46 bits per heavy atom. The summed E-state index contributed by atoms with van der Waals surface area (Å²) in [5.41, 5.74) is 3.69. The number of carbonyl (C=O) groups is 1. The van der Waals surface area contributed by atoms with Crippen LogP contribution in [0.25, 0.3) is 5.69 Å². The number of methoxy groups -OCH3 is 1. The summed E-state index contributed by atoms with van der Waals surface area (Å²) in [4.78, 5) is 12.7. The average molecular weight is 395 g/mol. The van der Waals surface area contributed by atoms with E-state index in [1.165, 1.54) is 0 Å². The number of aromatic hydroxyl groups is 1. The van der Waals surface area contributed by atoms with Gasteiger partial charge in [-0.2, -0.15) is 5.10 Å². The molecule has 7 heteroatoms. The fourth-order valence-electron chi connectivity index (χ4n) is 3.33. The number of phenolic OH excluding ortho intramolecular Hbond substituents is 1. The van der Waals surface area contributed by atoms with Crippen molar-refractivity contribution >= 4 is 23.5 Å². The summed E-state index contributed by atoms with van der Waals surface area (Å²) in [5.74, 6) is 1.61. The molecule has 0 fully saturated rings. The first-order chi connectivity index (χ1) is 13.5. The number of thioether (sulfide) groups is 1. The van der Waals surface area contributed by atoms with Crippen LogP contribution in [0.3, 0.4) is 0 Å². The zero-order valence-electron chi connectivity index (χ0n) is 15.8. The largest absolute Gasteiger partial charge is 0.508 e. The van der Waals surface area contributed by atoms with E-state index < -0.39 is 0 Å². The minimum atomic E-state index is -0.227. The van der Waals surface area contributed by atoms with E-state index in [0.717, 1.165) is 28.3 Å². The van der Waals surface area contributed by atoms with E-state index in [1.54, 1.807) is 35.7 Å². The SMILES string of the molecule is COc1ccc(-n2nc(C)c3c2NC(=O)[C@H](C)S[C@H]3c2ccc(O)cc2)cc1. The van der Waals surface area contributed by atoms with Gasteiger partial charge in [0.25, 0.3) is 0 Å². The van der Waals surface area contributed by atoms with Gasteiger partial charge >= 0.3 is 0 Å². The van der Waals surface area contributed by atoms with Crippen molar-refractivity contribution in [2.75, 3.05) is 12.4 Å². The number of ether oxygens (including phenoxy) is 1. The van der Waals surface area contributed by atoms with E-state index >= 15 is 0 Å². The lowest BCUT2D eigenvalue weighted by Crippen LogP contribution is -2.22. The van der Waals surface area contributed by atoms with E-state index in [9.17, 15) is 9.90 Å². The second kappa shape index (κ2) is 7.24. The van der Waals surface area contributed by atoms with Gasteiger partial charge < -0.3 is 15.2 Å². The number of aryl methyl sites for hydroxylation is 1. The number of anilines is 1. The van der Waals surface area contributed by atoms with Gasteiger partial charge in [0.1, 0.15) is 17.3 Å². The summed E-state index contributed by atoms with van der Waals surface area (Å²) < 4.78 is 7.01. The maximum Gasteiger partial charge on any atom is 0.238 e. The summed E-state index contributed by atoms with van der Waals surface area (Å²) in [6.07, 6.45) is 0. The third-order valence-corrected chi connectivity index (χ3v) is 6.24. The first kappa shape index (κ1) is 18.4. The standard InChI is InChI=1S/C21H21N3O3S/c1-12-18-19(14-4-8-16(25)9-5-14)28-13(2)21(26)22-20(18)24(23-12)15-6-10-17(27-3)11-7-15/h4-11,13,19,25H,1-3H3,(H,22,26)/t13-,19-/m0/s1. The van der Waals surface area contributed by atoms with Gasteiger partial charge in [0.2, 0.25) is 5.91 Å². The van der Waals surface area contributed by atoms with Crippen LogP contribution in [0.2, 0.25) is 0 Å². The third kappa shape index (κ3) is 3.22. The smallest absolute Gasteiger partial charge is 0.238 e. The van der Waals surface area contributed by atoms with Crippen molar-refractivity contribution in [2.24, 2.45) is 0 Å². The molecule has 3 aromatic rings. The molecule has 2 N–H and O–H groups in total. The Kier molecular flexibility index (Phi) is 4.77. The summed E-state index contributed by atoms with van der Waals surface area (Å²) in [5, 5.41) is 17.1. The van der Waals surface area contributed by atoms with Gasteiger partial charge in [-0.15, -0.1) is 11.8 Å². The Balaban J connectivity index is 1.87. The fourth-order valence-corrected chi connectivity index (χ4v) is 4.65. The van der Waals surface area contributed by atoms with Gasteiger partial charge in [-0.1, -0.05) is 12.1 Å². The molecule has 0 saturated carbocycles. The molecule has 1 amide bonds. The fraction of sp³-hybridized carbons (Fsp3) is 0.238. The molecule has 1 aromatic heterocycles. The number of rotatable bonds is 3. The van der Waals surface area contributed by atoms with Crippen molar-refractivity contribution in [1.29, 1.82) is 0 Å². The normalized spacial score (nSPS) is 18.9. The van der Waals surface area contributed by atoms with Crippen LogP contribution in [0.5, 0.6) is 11.5 Å². The number of hydrogen-bond acceptors (Lipinski definition) is 5. The van der Waals surface area contributed by atoms with Crippen molar-refractivity contribution in [3.8, 4) is 17.2 Å². The molecule has 1 aliphatic heterocycles. The van der Waals surface area contributed by atoms with Crippen molar-refractivity contribution in [1.82, 2.24) is 9.78 Å². The number of hydrogen-bond donors (Lipinski definition) is 2. The molecular formula is C21H21N3O3S. The molecule has 0 radical (unpaired) electrons. The number of nitrogens with zero attached hydrogens (tertiary/aromatic N) is 2. The Labute approximate surface area is 167 Å². The van der Waals surface area contributed by atoms with Gasteiger partial charge in [0.05, 0.1) is 29.0 Å². The van der Waals surface area contributed by atoms with Crippen LogP contribution in [0.15, 0.2) is 48.5 Å². The minimum Gasteiger partial charge on any atom is -0.508 e. The predicted molar refractivity (Wildman–Crippen MR) is 110 cm³/mol. The first-order valence-electron chi connectivity index (χ1n) is 8.97. The number of nitrogens with one attached hydrogen (secondary N) is 1. The summed E-state index contributed by atoms with van der Waals surface area (Å²) in [7, 11) is 1.63. The zero-order chi connectivity index (χ0) is 19.8. The zero-order valence-corrected chi connectivity index (χ0v) is 16.7. The molecule has 6 nitrogen and oxygen atoms in total. The van der Waals surface area contributed by atoms with Gasteiger partial charge in [0, 0.05) is 5.56 Å². The molecule has 0 unspecified atom stereocenters. The molecule has 2 atom stereocenters. The molecule has 1 aliphatic rings. The lowest BCUT2D eigenvalue weighted by Gasteiger charge is -2.17. The minimum absolute atomic E-state index is 0.0535. The highest BCUT2D eigenvalue weighted by atomic mass is 32.2. The summed E-state index contributed by atoms with van der Waals surface area (Å²) in [6, 6.07) is 14.7. The summed E-state index contributed by atoms with van der Waals surface area (Å²) in [6.45, 7) is 3.86. The lowest BCUT2D eigenvalue weighted by atomic mass is 10.0. The van der Waals surface area contributed by atoms with Gasteiger partial charge in [-0.3, -0.25) is 4.79 Å². The second-order valence-corrected chi connectivity index (χ2v) is 8.15. The number of fused-ring (bicyclic) bond motifs is 1. The topological polar surface area (TPSA) is 76.4 Å². The molecule has 2 heterocycles. The van der Waals surface area contributed by atoms with E-state index in [0.29, 0.717) is 5.82 Å². The van der Waals surface area contributed by atoms with Crippen molar-refractivity contribution in [3.05, 3.63) is 65.4 Å². The molecule has 0 saturated heterocycles. The quantitative estimate of drug-likeness (QED) is 0.699. The molecular weight excluding hydrogens is 374 g/mol. The highest BCUT2D eigenvalue weighted by molar-refractivity contribution is 8.01.